The molecule has 0 saturated heterocycles. The number of carboxylic acid groups (broad SMARTS) is 1. The molecule has 1 rings (SSSR count). The fraction of sp³-hybridized carbons (Fsp3) is 0.545. The maximum atomic E-state index is 11.3. The van der Waals surface area contributed by atoms with Crippen LogP contribution in [0.4, 0.5) is 6.01 Å². The van der Waals surface area contributed by atoms with Crippen LogP contribution in [0.2, 0.25) is 0 Å². The largest absolute Gasteiger partial charge is 0.481 e. The van der Waals surface area contributed by atoms with E-state index < -0.39 is 17.5 Å². The minimum absolute atomic E-state index is 0.0467. The number of oxazole rings is 1. The summed E-state index contributed by atoms with van der Waals surface area (Å²) in [5.74, 6) is -1.52. The molecule has 2 N–H and O–H groups in total. The molecular formula is C11H16N2O5. The zero-order valence-electron chi connectivity index (χ0n) is 10.5. The molecule has 0 aliphatic heterocycles. The van der Waals surface area contributed by atoms with Crippen LogP contribution in [0.5, 0.6) is 0 Å². The number of hydrogen-bond donors (Lipinski definition) is 2. The van der Waals surface area contributed by atoms with Gasteiger partial charge in [0.05, 0.1) is 13.0 Å². The van der Waals surface area contributed by atoms with Gasteiger partial charge >= 0.3 is 11.9 Å². The number of aromatic nitrogens is 1. The molecule has 0 amide bonds. The molecule has 7 nitrogen and oxygen atoms in total. The first-order chi connectivity index (χ1) is 8.34. The van der Waals surface area contributed by atoms with E-state index in [9.17, 15) is 9.59 Å². The van der Waals surface area contributed by atoms with Crippen molar-refractivity contribution in [2.24, 2.45) is 0 Å². The Hall–Kier alpha value is -2.05. The Balaban J connectivity index is 2.69. The zero-order chi connectivity index (χ0) is 13.8. The van der Waals surface area contributed by atoms with Gasteiger partial charge in [-0.2, -0.15) is 4.98 Å². The molecule has 0 aromatic carbocycles. The first-order valence-electron chi connectivity index (χ1n) is 5.46. The van der Waals surface area contributed by atoms with Crippen LogP contribution < -0.4 is 5.32 Å². The first-order valence-corrected chi connectivity index (χ1v) is 5.46. The molecule has 0 saturated carbocycles. The summed E-state index contributed by atoms with van der Waals surface area (Å²) in [6.07, 6.45) is 1.06. The van der Waals surface area contributed by atoms with Gasteiger partial charge in [0.25, 0.3) is 6.01 Å². The van der Waals surface area contributed by atoms with E-state index in [4.69, 9.17) is 14.3 Å². The smallest absolute Gasteiger partial charge is 0.360 e. The lowest BCUT2D eigenvalue weighted by Crippen LogP contribution is -2.33. The first kappa shape index (κ1) is 14.0. The Morgan fingerprint density at radius 2 is 2.22 bits per heavy atom. The monoisotopic (exact) mass is 256 g/mol. The van der Waals surface area contributed by atoms with Gasteiger partial charge in [0.15, 0.2) is 5.69 Å². The van der Waals surface area contributed by atoms with Gasteiger partial charge in [-0.15, -0.1) is 0 Å². The molecule has 100 valence electrons. The van der Waals surface area contributed by atoms with Gasteiger partial charge in [0.2, 0.25) is 0 Å². The molecule has 0 aliphatic rings. The minimum Gasteiger partial charge on any atom is -0.481 e. The van der Waals surface area contributed by atoms with Crippen molar-refractivity contribution >= 4 is 18.0 Å². The van der Waals surface area contributed by atoms with E-state index in [0.29, 0.717) is 0 Å². The second kappa shape index (κ2) is 5.52. The molecular weight excluding hydrogens is 240 g/mol. The average molecular weight is 256 g/mol. The van der Waals surface area contributed by atoms with Crippen LogP contribution in [0.1, 0.15) is 37.7 Å². The molecule has 0 unspecified atom stereocenters. The van der Waals surface area contributed by atoms with E-state index in [0.717, 1.165) is 6.26 Å². The topological polar surface area (TPSA) is 102 Å². The van der Waals surface area contributed by atoms with E-state index in [-0.39, 0.29) is 24.7 Å². The summed E-state index contributed by atoms with van der Waals surface area (Å²) in [5, 5.41) is 11.5. The standard InChI is InChI=1S/C11H16N2O5/c1-4-17-9(16)7-6-18-10(12-7)13-11(2,3)5-8(14)15/h6H,4-5H2,1-3H3,(H,12,13)(H,14,15). The second-order valence-corrected chi connectivity index (χ2v) is 4.34. The second-order valence-electron chi connectivity index (χ2n) is 4.34. The van der Waals surface area contributed by atoms with Crippen molar-refractivity contribution in [1.82, 2.24) is 4.98 Å². The molecule has 0 fully saturated rings. The number of anilines is 1. The number of esters is 1. The fourth-order valence-electron chi connectivity index (χ4n) is 1.34. The molecule has 1 aromatic heterocycles. The van der Waals surface area contributed by atoms with Crippen molar-refractivity contribution in [2.75, 3.05) is 11.9 Å². The lowest BCUT2D eigenvalue weighted by Gasteiger charge is -2.22. The molecule has 1 aromatic rings. The predicted octanol–water partition coefficient (Wildman–Crippen LogP) is 1.52. The maximum absolute atomic E-state index is 11.3. The molecule has 1 heterocycles. The lowest BCUT2D eigenvalue weighted by atomic mass is 10.0. The molecule has 0 radical (unpaired) electrons. The summed E-state index contributed by atoms with van der Waals surface area (Å²) in [4.78, 5) is 25.8. The van der Waals surface area contributed by atoms with Crippen LogP contribution in [0.15, 0.2) is 10.7 Å². The third-order valence-electron chi connectivity index (χ3n) is 2.03. The van der Waals surface area contributed by atoms with E-state index in [1.165, 1.54) is 0 Å². The summed E-state index contributed by atoms with van der Waals surface area (Å²) in [5.41, 5.74) is -0.687. The highest BCUT2D eigenvalue weighted by atomic mass is 16.5. The van der Waals surface area contributed by atoms with Crippen LogP contribution in [-0.2, 0) is 9.53 Å². The van der Waals surface area contributed by atoms with Gasteiger partial charge < -0.3 is 19.6 Å². The number of hydrogen-bond acceptors (Lipinski definition) is 6. The van der Waals surface area contributed by atoms with Crippen molar-refractivity contribution in [1.29, 1.82) is 0 Å². The molecule has 0 spiro atoms. The molecule has 0 aliphatic carbocycles. The highest BCUT2D eigenvalue weighted by Gasteiger charge is 2.24. The van der Waals surface area contributed by atoms with Gasteiger partial charge in [0.1, 0.15) is 6.26 Å². The van der Waals surface area contributed by atoms with Crippen LogP contribution in [0.3, 0.4) is 0 Å². The van der Waals surface area contributed by atoms with Gasteiger partial charge in [0, 0.05) is 5.54 Å². The predicted molar refractivity (Wildman–Crippen MR) is 62.4 cm³/mol. The molecule has 7 heteroatoms. The number of nitrogens with one attached hydrogen (secondary N) is 1. The summed E-state index contributed by atoms with van der Waals surface area (Å²) >= 11 is 0. The number of carboxylic acids is 1. The number of nitrogens with zero attached hydrogens (tertiary/aromatic N) is 1. The number of ether oxygens (including phenoxy) is 1. The average Bonchev–Trinajstić information content (AvgIpc) is 2.63. The third-order valence-corrected chi connectivity index (χ3v) is 2.03. The SMILES string of the molecule is CCOC(=O)c1coc(NC(C)(C)CC(=O)O)n1. The highest BCUT2D eigenvalue weighted by molar-refractivity contribution is 5.87. The minimum atomic E-state index is -0.940. The zero-order valence-corrected chi connectivity index (χ0v) is 10.5. The summed E-state index contributed by atoms with van der Waals surface area (Å²) in [6.45, 7) is 5.32. The van der Waals surface area contributed by atoms with E-state index in [2.05, 4.69) is 10.3 Å². The van der Waals surface area contributed by atoms with Crippen LogP contribution >= 0.6 is 0 Å². The summed E-state index contributed by atoms with van der Waals surface area (Å²) in [7, 11) is 0. The molecule has 18 heavy (non-hydrogen) atoms. The van der Waals surface area contributed by atoms with Crippen molar-refractivity contribution in [3.05, 3.63) is 12.0 Å². The van der Waals surface area contributed by atoms with Crippen molar-refractivity contribution in [2.45, 2.75) is 32.7 Å². The van der Waals surface area contributed by atoms with Crippen molar-refractivity contribution < 1.29 is 23.8 Å². The van der Waals surface area contributed by atoms with Gasteiger partial charge in [-0.3, -0.25) is 4.79 Å². The van der Waals surface area contributed by atoms with Crippen LogP contribution in [0.25, 0.3) is 0 Å². The Morgan fingerprint density at radius 3 is 2.78 bits per heavy atom. The normalized spacial score (nSPS) is 11.1. The van der Waals surface area contributed by atoms with E-state index in [1.807, 2.05) is 0 Å². The van der Waals surface area contributed by atoms with Crippen molar-refractivity contribution in [3.8, 4) is 0 Å². The maximum Gasteiger partial charge on any atom is 0.360 e. The van der Waals surface area contributed by atoms with Crippen molar-refractivity contribution in [3.63, 3.8) is 0 Å². The Morgan fingerprint density at radius 1 is 1.56 bits per heavy atom. The van der Waals surface area contributed by atoms with Gasteiger partial charge in [-0.25, -0.2) is 4.79 Å². The lowest BCUT2D eigenvalue weighted by molar-refractivity contribution is -0.137. The number of carbonyl (C=O) groups excluding carboxylic acids is 1. The number of carbonyl (C=O) groups is 2. The van der Waals surface area contributed by atoms with E-state index in [1.54, 1.807) is 20.8 Å². The van der Waals surface area contributed by atoms with E-state index >= 15 is 0 Å². The summed E-state index contributed by atoms with van der Waals surface area (Å²) < 4.78 is 9.79. The molecule has 0 atom stereocenters. The summed E-state index contributed by atoms with van der Waals surface area (Å²) in [6, 6.07) is 0.0873. The van der Waals surface area contributed by atoms with Gasteiger partial charge in [-0.05, 0) is 20.8 Å². The van der Waals surface area contributed by atoms with Crippen LogP contribution in [0, 0.1) is 0 Å². The van der Waals surface area contributed by atoms with Gasteiger partial charge in [-0.1, -0.05) is 0 Å². The molecule has 0 bridgehead atoms. The Labute approximate surface area is 104 Å². The number of aliphatic carboxylic acids is 1. The fourth-order valence-corrected chi connectivity index (χ4v) is 1.34. The highest BCUT2D eigenvalue weighted by Crippen LogP contribution is 2.18. The van der Waals surface area contributed by atoms with Crippen LogP contribution in [-0.4, -0.2) is 34.2 Å². The third kappa shape index (κ3) is 4.08. The Bertz CT molecular complexity index is 438. The quantitative estimate of drug-likeness (QED) is 0.744. The number of rotatable bonds is 6. The Kier molecular flexibility index (Phi) is 4.30.